The van der Waals surface area contributed by atoms with Crippen molar-refractivity contribution in [1.29, 1.82) is 0 Å². The van der Waals surface area contributed by atoms with Crippen molar-refractivity contribution in [2.45, 2.75) is 17.3 Å². The van der Waals surface area contributed by atoms with Gasteiger partial charge in [0.25, 0.3) is 0 Å². The molecule has 5 nitrogen and oxygen atoms in total. The summed E-state index contributed by atoms with van der Waals surface area (Å²) in [6.07, 6.45) is 1.44. The summed E-state index contributed by atoms with van der Waals surface area (Å²) in [5, 5.41) is 5.27. The Morgan fingerprint density at radius 3 is 2.40 bits per heavy atom. The first kappa shape index (κ1) is 25.2. The van der Waals surface area contributed by atoms with E-state index in [1.54, 1.807) is 48.2 Å². The molecule has 0 aliphatic rings. The number of carbonyl (C=O) groups is 1. The largest absolute Gasteiger partial charge is 0.486 e. The van der Waals surface area contributed by atoms with Gasteiger partial charge in [-0.1, -0.05) is 65.1 Å². The minimum Gasteiger partial charge on any atom is -0.486 e. The van der Waals surface area contributed by atoms with Crippen LogP contribution in [0.25, 0.3) is 0 Å². The lowest BCUT2D eigenvalue weighted by molar-refractivity contribution is 0.0926. The van der Waals surface area contributed by atoms with E-state index in [0.29, 0.717) is 37.9 Å². The van der Waals surface area contributed by atoms with Gasteiger partial charge in [0, 0.05) is 9.92 Å². The number of carbonyl (C=O) groups excluding carboxylic acids is 1. The van der Waals surface area contributed by atoms with Crippen molar-refractivity contribution < 1.29 is 13.9 Å². The molecule has 178 valence electrons. The molecule has 4 aromatic rings. The zero-order valence-electron chi connectivity index (χ0n) is 18.2. The molecule has 0 bridgehead atoms. The number of ether oxygens (including phenoxy) is 1. The van der Waals surface area contributed by atoms with Crippen LogP contribution in [0.15, 0.2) is 93.3 Å². The zero-order valence-corrected chi connectivity index (χ0v) is 21.3. The molecule has 3 aromatic carbocycles. The molecule has 0 aliphatic carbocycles. The van der Waals surface area contributed by atoms with E-state index >= 15 is 0 Å². The number of hydrogen-bond donors (Lipinski definition) is 1. The van der Waals surface area contributed by atoms with Gasteiger partial charge in [-0.15, -0.1) is 11.8 Å². The topological polar surface area (TPSA) is 63.8 Å². The molecule has 0 fully saturated rings. The third kappa shape index (κ3) is 7.29. The fourth-order valence-corrected chi connectivity index (χ4v) is 4.55. The van der Waals surface area contributed by atoms with Crippen LogP contribution >= 0.6 is 46.6 Å². The number of halogens is 3. The molecule has 0 spiro atoms. The molecule has 1 N–H and O–H groups in total. The van der Waals surface area contributed by atoms with Crippen molar-refractivity contribution in [1.82, 2.24) is 5.43 Å². The van der Waals surface area contributed by atoms with Crippen LogP contribution in [0.4, 0.5) is 0 Å². The van der Waals surface area contributed by atoms with Crippen LogP contribution in [-0.2, 0) is 12.4 Å². The molecule has 1 amide bonds. The second-order valence-corrected chi connectivity index (χ2v) is 9.60. The highest BCUT2D eigenvalue weighted by atomic mass is 35.5. The standard InChI is InChI=1S/C26H19Cl3N2O3S/c27-19-8-6-17(7-9-19)15-33-25-22(28)12-18(13-23(25)29)14-30-31-26(32)24-11-10-20(34-24)16-35-21-4-2-1-3-5-21/h1-14H,15-16H2,(H,31,32)/b30-14-. The number of nitrogens with zero attached hydrogens (tertiary/aromatic N) is 1. The van der Waals surface area contributed by atoms with E-state index in [0.717, 1.165) is 10.5 Å². The van der Waals surface area contributed by atoms with Crippen molar-refractivity contribution >= 4 is 58.7 Å². The molecule has 4 rings (SSSR count). The van der Waals surface area contributed by atoms with Gasteiger partial charge in [0.1, 0.15) is 12.4 Å². The summed E-state index contributed by atoms with van der Waals surface area (Å²) in [5.74, 6) is 1.39. The Morgan fingerprint density at radius 2 is 1.69 bits per heavy atom. The number of thioether (sulfide) groups is 1. The second-order valence-electron chi connectivity index (χ2n) is 7.30. The summed E-state index contributed by atoms with van der Waals surface area (Å²) in [4.78, 5) is 13.5. The maximum absolute atomic E-state index is 12.3. The maximum Gasteiger partial charge on any atom is 0.307 e. The first-order valence-corrected chi connectivity index (χ1v) is 12.6. The minimum atomic E-state index is -0.461. The molecule has 0 aliphatic heterocycles. The van der Waals surface area contributed by atoms with E-state index in [1.165, 1.54) is 6.21 Å². The number of furan rings is 1. The first-order valence-electron chi connectivity index (χ1n) is 10.4. The summed E-state index contributed by atoms with van der Waals surface area (Å²) in [6, 6.07) is 23.9. The zero-order chi connectivity index (χ0) is 24.6. The van der Waals surface area contributed by atoms with E-state index < -0.39 is 5.91 Å². The van der Waals surface area contributed by atoms with Gasteiger partial charge in [-0.25, -0.2) is 5.43 Å². The molecule has 0 saturated carbocycles. The van der Waals surface area contributed by atoms with Gasteiger partial charge in [-0.3, -0.25) is 4.79 Å². The Balaban J connectivity index is 1.31. The Kier molecular flexibility index (Phi) is 8.77. The van der Waals surface area contributed by atoms with Crippen molar-refractivity contribution in [3.05, 3.63) is 117 Å². The smallest absolute Gasteiger partial charge is 0.307 e. The van der Waals surface area contributed by atoms with Gasteiger partial charge >= 0.3 is 5.91 Å². The number of benzene rings is 3. The predicted octanol–water partition coefficient (Wildman–Crippen LogP) is 7.88. The molecule has 0 unspecified atom stereocenters. The van der Waals surface area contributed by atoms with Crippen LogP contribution in [0.1, 0.15) is 27.4 Å². The minimum absolute atomic E-state index is 0.174. The van der Waals surface area contributed by atoms with Gasteiger partial charge in [-0.2, -0.15) is 5.10 Å². The molecular weight excluding hydrogens is 527 g/mol. The lowest BCUT2D eigenvalue weighted by Crippen LogP contribution is -2.16. The number of hydrazone groups is 1. The van der Waals surface area contributed by atoms with Gasteiger partial charge in [0.15, 0.2) is 11.5 Å². The SMILES string of the molecule is O=C(N/N=C\c1cc(Cl)c(OCc2ccc(Cl)cc2)c(Cl)c1)c1ccc(CSc2ccccc2)o1. The van der Waals surface area contributed by atoms with Crippen LogP contribution in [0.3, 0.4) is 0 Å². The fourth-order valence-electron chi connectivity index (χ4n) is 3.00. The average molecular weight is 546 g/mol. The second kappa shape index (κ2) is 12.2. The highest BCUT2D eigenvalue weighted by Crippen LogP contribution is 2.34. The Labute approximate surface area is 222 Å². The number of amides is 1. The Bertz CT molecular complexity index is 1300. The number of nitrogens with one attached hydrogen (secondary N) is 1. The van der Waals surface area contributed by atoms with E-state index in [2.05, 4.69) is 10.5 Å². The normalized spacial score (nSPS) is 11.1. The van der Waals surface area contributed by atoms with E-state index in [1.807, 2.05) is 42.5 Å². The molecule has 0 saturated heterocycles. The quantitative estimate of drug-likeness (QED) is 0.132. The molecular formula is C26H19Cl3N2O3S. The highest BCUT2D eigenvalue weighted by molar-refractivity contribution is 7.98. The van der Waals surface area contributed by atoms with Crippen molar-refractivity contribution in [3.8, 4) is 5.75 Å². The summed E-state index contributed by atoms with van der Waals surface area (Å²) < 4.78 is 11.4. The van der Waals surface area contributed by atoms with Crippen molar-refractivity contribution in [2.75, 3.05) is 0 Å². The summed E-state index contributed by atoms with van der Waals surface area (Å²) in [7, 11) is 0. The molecule has 1 heterocycles. The fraction of sp³-hybridized carbons (Fsp3) is 0.0769. The van der Waals surface area contributed by atoms with Gasteiger partial charge in [0.2, 0.25) is 0 Å². The van der Waals surface area contributed by atoms with E-state index in [4.69, 9.17) is 44.0 Å². The average Bonchev–Trinajstić information content (AvgIpc) is 3.33. The van der Waals surface area contributed by atoms with Crippen LogP contribution < -0.4 is 10.2 Å². The summed E-state index contributed by atoms with van der Waals surface area (Å²) in [6.45, 7) is 0.287. The van der Waals surface area contributed by atoms with Gasteiger partial charge < -0.3 is 9.15 Å². The van der Waals surface area contributed by atoms with Gasteiger partial charge in [-0.05, 0) is 59.7 Å². The van der Waals surface area contributed by atoms with Crippen molar-refractivity contribution in [3.63, 3.8) is 0 Å². The third-order valence-corrected chi connectivity index (χ3v) is 6.55. The molecule has 9 heteroatoms. The van der Waals surface area contributed by atoms with Gasteiger partial charge in [0.05, 0.1) is 22.0 Å². The molecule has 0 radical (unpaired) electrons. The third-order valence-electron chi connectivity index (χ3n) is 4.71. The molecule has 0 atom stereocenters. The molecule has 1 aromatic heterocycles. The highest BCUT2D eigenvalue weighted by Gasteiger charge is 2.12. The lowest BCUT2D eigenvalue weighted by Gasteiger charge is -2.11. The van der Waals surface area contributed by atoms with E-state index in [-0.39, 0.29) is 12.4 Å². The number of rotatable bonds is 9. The maximum atomic E-state index is 12.3. The van der Waals surface area contributed by atoms with Crippen LogP contribution in [-0.4, -0.2) is 12.1 Å². The Hall–Kier alpha value is -2.90. The monoisotopic (exact) mass is 544 g/mol. The van der Waals surface area contributed by atoms with Crippen molar-refractivity contribution in [2.24, 2.45) is 5.10 Å². The molecule has 35 heavy (non-hydrogen) atoms. The first-order chi connectivity index (χ1) is 17.0. The van der Waals surface area contributed by atoms with Crippen LogP contribution in [0.2, 0.25) is 15.1 Å². The van der Waals surface area contributed by atoms with Crippen LogP contribution in [0.5, 0.6) is 5.75 Å². The van der Waals surface area contributed by atoms with Crippen LogP contribution in [0, 0.1) is 0 Å². The number of hydrogen-bond acceptors (Lipinski definition) is 5. The summed E-state index contributed by atoms with van der Waals surface area (Å²) >= 11 is 20.2. The lowest BCUT2D eigenvalue weighted by atomic mass is 10.2. The Morgan fingerprint density at radius 1 is 0.971 bits per heavy atom. The summed E-state index contributed by atoms with van der Waals surface area (Å²) in [5.41, 5.74) is 3.96. The predicted molar refractivity (Wildman–Crippen MR) is 142 cm³/mol. The van der Waals surface area contributed by atoms with E-state index in [9.17, 15) is 4.79 Å².